The highest BCUT2D eigenvalue weighted by atomic mass is 15.3. The summed E-state index contributed by atoms with van der Waals surface area (Å²) in [5.41, 5.74) is 0. The van der Waals surface area contributed by atoms with E-state index in [2.05, 4.69) is 25.7 Å². The van der Waals surface area contributed by atoms with E-state index in [1.165, 1.54) is 19.3 Å². The second-order valence-corrected chi connectivity index (χ2v) is 4.55. The van der Waals surface area contributed by atoms with E-state index in [4.69, 9.17) is 0 Å². The summed E-state index contributed by atoms with van der Waals surface area (Å²) in [4.78, 5) is 2.74. The van der Waals surface area contributed by atoms with Crippen molar-refractivity contribution in [3.8, 4) is 0 Å². The Labute approximate surface area is 69.8 Å². The van der Waals surface area contributed by atoms with Gasteiger partial charge in [0.1, 0.15) is 0 Å². The molecule has 0 aliphatic carbocycles. The first-order valence-corrected chi connectivity index (χ1v) is 4.97. The van der Waals surface area contributed by atoms with Crippen LogP contribution in [-0.4, -0.2) is 23.0 Å². The van der Waals surface area contributed by atoms with E-state index < -0.39 is 0 Å². The Kier molecular flexibility index (Phi) is 1.71. The predicted molar refractivity (Wildman–Crippen MR) is 47.6 cm³/mol. The topological polar surface area (TPSA) is 3.24 Å². The molecular formula is C10H19N. The largest absolute Gasteiger partial charge is 0.295 e. The van der Waals surface area contributed by atoms with Gasteiger partial charge in [0.25, 0.3) is 0 Å². The third kappa shape index (κ3) is 1.01. The summed E-state index contributed by atoms with van der Waals surface area (Å²) in [5.74, 6) is 0.969. The average molecular weight is 153 g/mol. The van der Waals surface area contributed by atoms with Crippen LogP contribution in [0.5, 0.6) is 0 Å². The molecule has 0 amide bonds. The molecule has 0 N–H and O–H groups in total. The van der Waals surface area contributed by atoms with Crippen molar-refractivity contribution in [2.45, 2.75) is 58.2 Å². The van der Waals surface area contributed by atoms with Crippen molar-refractivity contribution < 1.29 is 0 Å². The molecule has 11 heavy (non-hydrogen) atoms. The lowest BCUT2D eigenvalue weighted by atomic mass is 9.91. The Balaban J connectivity index is 2.13. The van der Waals surface area contributed by atoms with Crippen molar-refractivity contribution in [3.05, 3.63) is 0 Å². The van der Waals surface area contributed by atoms with Crippen molar-refractivity contribution in [2.75, 3.05) is 0 Å². The zero-order valence-corrected chi connectivity index (χ0v) is 7.88. The van der Waals surface area contributed by atoms with E-state index in [0.717, 1.165) is 24.0 Å². The molecule has 2 aliphatic rings. The highest BCUT2D eigenvalue weighted by Crippen LogP contribution is 2.42. The second-order valence-electron chi connectivity index (χ2n) is 4.55. The number of hydrogen-bond donors (Lipinski definition) is 0. The van der Waals surface area contributed by atoms with Crippen molar-refractivity contribution in [1.82, 2.24) is 4.90 Å². The Morgan fingerprint density at radius 2 is 2.00 bits per heavy atom. The monoisotopic (exact) mass is 153 g/mol. The van der Waals surface area contributed by atoms with Crippen molar-refractivity contribution >= 4 is 0 Å². The van der Waals surface area contributed by atoms with E-state index in [1.54, 1.807) is 0 Å². The SMILES string of the molecule is CC1CC2CCC1N2C(C)C. The lowest BCUT2D eigenvalue weighted by Gasteiger charge is -2.26. The molecule has 1 heteroatoms. The molecule has 2 aliphatic heterocycles. The van der Waals surface area contributed by atoms with E-state index in [1.807, 2.05) is 0 Å². The van der Waals surface area contributed by atoms with Crippen LogP contribution in [0.4, 0.5) is 0 Å². The first-order valence-electron chi connectivity index (χ1n) is 4.97. The Bertz CT molecular complexity index is 153. The molecule has 2 saturated heterocycles. The van der Waals surface area contributed by atoms with Crippen LogP contribution in [0.25, 0.3) is 0 Å². The predicted octanol–water partition coefficient (Wildman–Crippen LogP) is 2.27. The zero-order chi connectivity index (χ0) is 8.01. The summed E-state index contributed by atoms with van der Waals surface area (Å²) in [6, 6.07) is 2.65. The highest BCUT2D eigenvalue weighted by molar-refractivity contribution is 4.99. The minimum atomic E-state index is 0.775. The van der Waals surface area contributed by atoms with Gasteiger partial charge in [-0.3, -0.25) is 4.90 Å². The lowest BCUT2D eigenvalue weighted by molar-refractivity contribution is 0.191. The third-order valence-corrected chi connectivity index (χ3v) is 3.50. The number of hydrogen-bond acceptors (Lipinski definition) is 1. The van der Waals surface area contributed by atoms with Gasteiger partial charge in [0.15, 0.2) is 0 Å². The van der Waals surface area contributed by atoms with E-state index in [-0.39, 0.29) is 0 Å². The molecule has 3 unspecified atom stereocenters. The Hall–Kier alpha value is -0.0400. The quantitative estimate of drug-likeness (QED) is 0.558. The van der Waals surface area contributed by atoms with Crippen LogP contribution in [0, 0.1) is 5.92 Å². The van der Waals surface area contributed by atoms with Gasteiger partial charge in [-0.05, 0) is 39.0 Å². The van der Waals surface area contributed by atoms with Crippen LogP contribution in [0.2, 0.25) is 0 Å². The molecule has 0 aromatic carbocycles. The Morgan fingerprint density at radius 3 is 2.27 bits per heavy atom. The molecule has 1 nitrogen and oxygen atoms in total. The summed E-state index contributed by atoms with van der Waals surface area (Å²) in [7, 11) is 0. The molecule has 0 aromatic rings. The molecule has 2 fully saturated rings. The minimum absolute atomic E-state index is 0.775. The standard InChI is InChI=1S/C10H19N/c1-7(2)11-9-4-5-10(11)8(3)6-9/h7-10H,4-6H2,1-3H3. The van der Waals surface area contributed by atoms with Crippen LogP contribution in [-0.2, 0) is 0 Å². The fraction of sp³-hybridized carbons (Fsp3) is 1.00. The zero-order valence-electron chi connectivity index (χ0n) is 7.88. The summed E-state index contributed by atoms with van der Waals surface area (Å²) in [5, 5.41) is 0. The molecule has 0 radical (unpaired) electrons. The fourth-order valence-corrected chi connectivity index (χ4v) is 3.14. The average Bonchev–Trinajstić information content (AvgIpc) is 2.41. The maximum Gasteiger partial charge on any atom is 0.0128 e. The van der Waals surface area contributed by atoms with Gasteiger partial charge in [-0.25, -0.2) is 0 Å². The van der Waals surface area contributed by atoms with Crippen LogP contribution >= 0.6 is 0 Å². The minimum Gasteiger partial charge on any atom is -0.295 e. The number of nitrogens with zero attached hydrogens (tertiary/aromatic N) is 1. The van der Waals surface area contributed by atoms with Gasteiger partial charge < -0.3 is 0 Å². The van der Waals surface area contributed by atoms with Gasteiger partial charge in [-0.15, -0.1) is 0 Å². The fourth-order valence-electron chi connectivity index (χ4n) is 3.14. The molecule has 0 aromatic heterocycles. The van der Waals surface area contributed by atoms with Crippen LogP contribution in [0.15, 0.2) is 0 Å². The van der Waals surface area contributed by atoms with E-state index in [9.17, 15) is 0 Å². The molecule has 3 atom stereocenters. The van der Waals surface area contributed by atoms with E-state index in [0.29, 0.717) is 0 Å². The van der Waals surface area contributed by atoms with Crippen molar-refractivity contribution in [2.24, 2.45) is 5.92 Å². The van der Waals surface area contributed by atoms with Crippen LogP contribution < -0.4 is 0 Å². The maximum atomic E-state index is 2.74. The van der Waals surface area contributed by atoms with Gasteiger partial charge in [-0.1, -0.05) is 6.92 Å². The third-order valence-electron chi connectivity index (χ3n) is 3.50. The van der Waals surface area contributed by atoms with E-state index >= 15 is 0 Å². The van der Waals surface area contributed by atoms with Gasteiger partial charge in [0.05, 0.1) is 0 Å². The first-order chi connectivity index (χ1) is 5.20. The van der Waals surface area contributed by atoms with Crippen LogP contribution in [0.3, 0.4) is 0 Å². The summed E-state index contributed by atoms with van der Waals surface area (Å²) < 4.78 is 0. The summed E-state index contributed by atoms with van der Waals surface area (Å²) >= 11 is 0. The molecule has 2 heterocycles. The second kappa shape index (κ2) is 2.48. The lowest BCUT2D eigenvalue weighted by Crippen LogP contribution is -2.35. The molecular weight excluding hydrogens is 134 g/mol. The van der Waals surface area contributed by atoms with Crippen molar-refractivity contribution in [3.63, 3.8) is 0 Å². The van der Waals surface area contributed by atoms with Crippen molar-refractivity contribution in [1.29, 1.82) is 0 Å². The number of fused-ring (bicyclic) bond motifs is 2. The van der Waals surface area contributed by atoms with Crippen LogP contribution in [0.1, 0.15) is 40.0 Å². The Morgan fingerprint density at radius 1 is 1.27 bits per heavy atom. The van der Waals surface area contributed by atoms with Gasteiger partial charge in [0, 0.05) is 18.1 Å². The number of rotatable bonds is 1. The summed E-state index contributed by atoms with van der Waals surface area (Å²) in [6.45, 7) is 7.09. The smallest absolute Gasteiger partial charge is 0.0128 e. The maximum absolute atomic E-state index is 2.74. The van der Waals surface area contributed by atoms with Gasteiger partial charge >= 0.3 is 0 Å². The normalized spacial score (nSPS) is 44.2. The highest BCUT2D eigenvalue weighted by Gasteiger charge is 2.44. The molecule has 2 rings (SSSR count). The first kappa shape index (κ1) is 7.60. The summed E-state index contributed by atoms with van der Waals surface area (Å²) in [6.07, 6.45) is 4.39. The molecule has 0 saturated carbocycles. The molecule has 64 valence electrons. The van der Waals surface area contributed by atoms with Gasteiger partial charge in [-0.2, -0.15) is 0 Å². The van der Waals surface area contributed by atoms with Gasteiger partial charge in [0.2, 0.25) is 0 Å². The molecule has 0 spiro atoms. The molecule has 2 bridgehead atoms.